The van der Waals surface area contributed by atoms with Crippen LogP contribution in [0.15, 0.2) is 63.8 Å². The Labute approximate surface area is 193 Å². The number of Topliss-reactive ketones (excluding diaryl/α,β-unsaturated/α-hetero) is 1. The third-order valence-electron chi connectivity index (χ3n) is 5.78. The van der Waals surface area contributed by atoms with Crippen LogP contribution in [-0.2, 0) is 4.79 Å². The van der Waals surface area contributed by atoms with Crippen molar-refractivity contribution in [3.63, 3.8) is 0 Å². The van der Waals surface area contributed by atoms with E-state index >= 15 is 0 Å². The smallest absolute Gasteiger partial charge is 0.192 e. The second kappa shape index (κ2) is 12.2. The summed E-state index contributed by atoms with van der Waals surface area (Å²) in [6.07, 6.45) is 6.20. The van der Waals surface area contributed by atoms with Crippen LogP contribution >= 0.6 is 0 Å². The Hall–Kier alpha value is -2.88. The van der Waals surface area contributed by atoms with Gasteiger partial charge in [0.15, 0.2) is 11.6 Å². The minimum atomic E-state index is -0.331. The number of hydrogen-bond acceptors (Lipinski definition) is 4. The Kier molecular flexibility index (Phi) is 10.4. The zero-order valence-electron chi connectivity index (χ0n) is 20.8. The Balaban J connectivity index is 3.06. The van der Waals surface area contributed by atoms with Crippen LogP contribution in [0.25, 0.3) is 0 Å². The number of aromatic hydroxyl groups is 2. The summed E-state index contributed by atoms with van der Waals surface area (Å²) in [5, 5.41) is 19.7. The number of phenols is 2. The summed E-state index contributed by atoms with van der Waals surface area (Å²) in [7, 11) is 0. The number of rotatable bonds is 10. The van der Waals surface area contributed by atoms with E-state index in [1.807, 2.05) is 34.6 Å². The van der Waals surface area contributed by atoms with Crippen molar-refractivity contribution in [1.29, 1.82) is 0 Å². The second-order valence-electron chi connectivity index (χ2n) is 9.10. The third-order valence-corrected chi connectivity index (χ3v) is 5.78. The number of carbonyl (C=O) groups excluding carboxylic acids is 2. The fraction of sp³-hybridized carbons (Fsp3) is 0.429. The number of ketones is 2. The second-order valence-corrected chi connectivity index (χ2v) is 9.10. The van der Waals surface area contributed by atoms with Gasteiger partial charge < -0.3 is 10.2 Å². The van der Waals surface area contributed by atoms with Gasteiger partial charge >= 0.3 is 0 Å². The van der Waals surface area contributed by atoms with Gasteiger partial charge in [-0.1, -0.05) is 35.3 Å². The van der Waals surface area contributed by atoms with Crippen molar-refractivity contribution in [2.75, 3.05) is 0 Å². The minimum absolute atomic E-state index is 0.0222. The summed E-state index contributed by atoms with van der Waals surface area (Å²) in [5.41, 5.74) is 5.49. The molecule has 0 aliphatic heterocycles. The van der Waals surface area contributed by atoms with Crippen molar-refractivity contribution in [2.45, 2.75) is 74.7 Å². The van der Waals surface area contributed by atoms with Crippen LogP contribution in [0.5, 0.6) is 11.5 Å². The van der Waals surface area contributed by atoms with Gasteiger partial charge in [0.05, 0.1) is 5.56 Å². The molecule has 0 spiro atoms. The molecule has 4 heteroatoms. The summed E-state index contributed by atoms with van der Waals surface area (Å²) < 4.78 is 0. The van der Waals surface area contributed by atoms with Crippen molar-refractivity contribution in [2.24, 2.45) is 5.92 Å². The van der Waals surface area contributed by atoms with E-state index < -0.39 is 0 Å². The van der Waals surface area contributed by atoms with Gasteiger partial charge in [-0.15, -0.1) is 0 Å². The van der Waals surface area contributed by atoms with Gasteiger partial charge in [0.2, 0.25) is 0 Å². The zero-order valence-corrected chi connectivity index (χ0v) is 20.8. The van der Waals surface area contributed by atoms with Gasteiger partial charge in [0.25, 0.3) is 0 Å². The highest BCUT2D eigenvalue weighted by atomic mass is 16.3. The van der Waals surface area contributed by atoms with Crippen molar-refractivity contribution in [1.82, 2.24) is 0 Å². The van der Waals surface area contributed by atoms with Crippen molar-refractivity contribution in [3.05, 3.63) is 69.4 Å². The van der Waals surface area contributed by atoms with Gasteiger partial charge in [-0.05, 0) is 109 Å². The lowest BCUT2D eigenvalue weighted by Crippen LogP contribution is -2.11. The van der Waals surface area contributed by atoms with Crippen molar-refractivity contribution < 1.29 is 19.8 Å². The lowest BCUT2D eigenvalue weighted by atomic mass is 9.86. The van der Waals surface area contributed by atoms with Gasteiger partial charge in [-0.2, -0.15) is 0 Å². The van der Waals surface area contributed by atoms with Crippen LogP contribution in [0.3, 0.4) is 0 Å². The highest BCUT2D eigenvalue weighted by Gasteiger charge is 2.20. The van der Waals surface area contributed by atoms with Crippen LogP contribution < -0.4 is 0 Å². The van der Waals surface area contributed by atoms with Gasteiger partial charge in [0, 0.05) is 0 Å². The Morgan fingerprint density at radius 3 is 2.19 bits per heavy atom. The van der Waals surface area contributed by atoms with Gasteiger partial charge in [-0.3, -0.25) is 9.59 Å². The van der Waals surface area contributed by atoms with Crippen LogP contribution in [0.1, 0.15) is 85.0 Å². The average Bonchev–Trinajstić information content (AvgIpc) is 2.71. The molecule has 0 heterocycles. The first-order valence-corrected chi connectivity index (χ1v) is 11.1. The first kappa shape index (κ1) is 27.2. The van der Waals surface area contributed by atoms with E-state index in [0.717, 1.165) is 35.1 Å². The molecule has 1 aromatic carbocycles. The number of allylic oxidation sites excluding steroid dienone is 8. The summed E-state index contributed by atoms with van der Waals surface area (Å²) in [4.78, 5) is 25.9. The van der Waals surface area contributed by atoms with Gasteiger partial charge in [0.1, 0.15) is 11.5 Å². The minimum Gasteiger partial charge on any atom is -0.508 e. The maximum absolute atomic E-state index is 13.0. The summed E-state index contributed by atoms with van der Waals surface area (Å²) in [5.74, 6) is -0.584. The zero-order chi connectivity index (χ0) is 24.6. The molecular weight excluding hydrogens is 400 g/mol. The van der Waals surface area contributed by atoms with Crippen molar-refractivity contribution in [3.8, 4) is 11.5 Å². The molecule has 2 N–H and O–H groups in total. The topological polar surface area (TPSA) is 74.6 Å². The fourth-order valence-electron chi connectivity index (χ4n) is 3.44. The molecule has 1 unspecified atom stereocenters. The van der Waals surface area contributed by atoms with E-state index in [1.165, 1.54) is 23.8 Å². The fourth-order valence-corrected chi connectivity index (χ4v) is 3.44. The quantitative estimate of drug-likeness (QED) is 0.175. The molecule has 0 aliphatic rings. The Morgan fingerprint density at radius 2 is 1.62 bits per heavy atom. The Bertz CT molecular complexity index is 979. The monoisotopic (exact) mass is 438 g/mol. The number of hydrogen-bond donors (Lipinski definition) is 2. The molecule has 174 valence electrons. The predicted octanol–water partition coefficient (Wildman–Crippen LogP) is 7.24. The first-order chi connectivity index (χ1) is 14.8. The average molecular weight is 439 g/mol. The van der Waals surface area contributed by atoms with Crippen molar-refractivity contribution >= 4 is 11.6 Å². The van der Waals surface area contributed by atoms with E-state index in [9.17, 15) is 19.8 Å². The van der Waals surface area contributed by atoms with E-state index in [1.54, 1.807) is 13.0 Å². The molecule has 4 nitrogen and oxygen atoms in total. The molecule has 0 saturated carbocycles. The maximum Gasteiger partial charge on any atom is 0.192 e. The first-order valence-electron chi connectivity index (χ1n) is 11.1. The lowest BCUT2D eigenvalue weighted by molar-refractivity contribution is -0.111. The SMILES string of the molecule is CC(C)=CCC/C(C)=C/C(=O)C(CC(C)/C(C)=C(\C)C(=O)c1cc(O)ccc1O)=C(C)C. The van der Waals surface area contributed by atoms with E-state index in [0.29, 0.717) is 12.0 Å². The molecule has 0 fully saturated rings. The van der Waals surface area contributed by atoms with Crippen LogP contribution in [0, 0.1) is 5.92 Å². The molecule has 0 bridgehead atoms. The highest BCUT2D eigenvalue weighted by Crippen LogP contribution is 2.29. The molecule has 0 saturated heterocycles. The summed E-state index contributed by atoms with van der Waals surface area (Å²) in [6.45, 7) is 15.6. The summed E-state index contributed by atoms with van der Waals surface area (Å²) in [6, 6.07) is 3.91. The molecule has 1 aromatic rings. The van der Waals surface area contributed by atoms with Crippen LogP contribution in [0.2, 0.25) is 0 Å². The largest absolute Gasteiger partial charge is 0.508 e. The maximum atomic E-state index is 13.0. The lowest BCUT2D eigenvalue weighted by Gasteiger charge is -2.18. The Morgan fingerprint density at radius 1 is 1.00 bits per heavy atom. The highest BCUT2D eigenvalue weighted by molar-refractivity contribution is 6.10. The van der Waals surface area contributed by atoms with Gasteiger partial charge in [-0.25, -0.2) is 0 Å². The van der Waals surface area contributed by atoms with E-state index in [-0.39, 0.29) is 34.5 Å². The molecule has 32 heavy (non-hydrogen) atoms. The van der Waals surface area contributed by atoms with Crippen LogP contribution in [0.4, 0.5) is 0 Å². The number of benzene rings is 1. The van der Waals surface area contributed by atoms with E-state index in [2.05, 4.69) is 19.9 Å². The molecule has 0 amide bonds. The predicted molar refractivity (Wildman–Crippen MR) is 132 cm³/mol. The number of carbonyl (C=O) groups is 2. The van der Waals surface area contributed by atoms with Crippen LogP contribution in [-0.4, -0.2) is 21.8 Å². The standard InChI is InChI=1S/C28H38O4/c1-17(2)10-9-11-19(5)14-27(31)24(18(3)4)15-20(6)21(7)22(8)28(32)25-16-23(29)12-13-26(25)30/h10,12-14,16,20,29-30H,9,11,15H2,1-8H3/b19-14+,22-21+. The molecule has 0 aromatic heterocycles. The number of phenolic OH excluding ortho intramolecular Hbond substituents is 2. The van der Waals surface area contributed by atoms with E-state index in [4.69, 9.17) is 0 Å². The normalized spacial score (nSPS) is 13.2. The third kappa shape index (κ3) is 7.99. The molecule has 0 aliphatic carbocycles. The molecule has 1 rings (SSSR count). The molecule has 0 radical (unpaired) electrons. The summed E-state index contributed by atoms with van der Waals surface area (Å²) >= 11 is 0. The molecular formula is C28H38O4. The molecule has 1 atom stereocenters.